The van der Waals surface area contributed by atoms with E-state index in [0.717, 1.165) is 13.0 Å². The molecule has 0 saturated carbocycles. The Morgan fingerprint density at radius 3 is 2.82 bits per heavy atom. The summed E-state index contributed by atoms with van der Waals surface area (Å²) in [7, 11) is -2.29. The van der Waals surface area contributed by atoms with Gasteiger partial charge in [0.2, 0.25) is 0 Å². The van der Waals surface area contributed by atoms with Crippen LogP contribution in [0.25, 0.3) is 0 Å². The Bertz CT molecular complexity index is 204. The Hall–Kier alpha value is -0.0900. The molecule has 2 N–H and O–H groups in total. The predicted molar refractivity (Wildman–Crippen MR) is 47.3 cm³/mol. The molecule has 1 fully saturated rings. The average molecular weight is 176 g/mol. The van der Waals surface area contributed by atoms with Crippen molar-refractivity contribution < 1.29 is 4.21 Å². The Kier molecular flexibility index (Phi) is 2.90. The minimum Gasteiger partial charge on any atom is -0.313 e. The molecule has 0 radical (unpaired) electrons. The van der Waals surface area contributed by atoms with Crippen LogP contribution in [-0.2, 0) is 9.73 Å². The molecule has 2 atom stereocenters. The third kappa shape index (κ3) is 3.72. The van der Waals surface area contributed by atoms with Gasteiger partial charge in [-0.3, -0.25) is 8.99 Å². The van der Waals surface area contributed by atoms with E-state index >= 15 is 0 Å². The molecule has 1 aliphatic rings. The van der Waals surface area contributed by atoms with Crippen molar-refractivity contribution in [3.8, 4) is 0 Å². The molecule has 1 heterocycles. The highest BCUT2D eigenvalue weighted by atomic mass is 32.2. The van der Waals surface area contributed by atoms with E-state index in [9.17, 15) is 4.21 Å². The highest BCUT2D eigenvalue weighted by molar-refractivity contribution is 7.91. The highest BCUT2D eigenvalue weighted by Gasteiger charge is 2.15. The molecule has 1 saturated heterocycles. The molecule has 0 bridgehead atoms. The van der Waals surface area contributed by atoms with Gasteiger partial charge in [0, 0.05) is 27.8 Å². The monoisotopic (exact) mass is 176 g/mol. The van der Waals surface area contributed by atoms with Crippen LogP contribution in [0.2, 0.25) is 0 Å². The van der Waals surface area contributed by atoms with Crippen LogP contribution < -0.4 is 5.32 Å². The number of nitrogens with one attached hydrogen (secondary N) is 2. The summed E-state index contributed by atoms with van der Waals surface area (Å²) in [4.78, 5) is 0. The molecule has 0 aromatic heterocycles. The summed E-state index contributed by atoms with van der Waals surface area (Å²) in [6.07, 6.45) is 5.04. The van der Waals surface area contributed by atoms with Gasteiger partial charge in [-0.05, 0) is 19.4 Å². The fraction of sp³-hybridized carbons (Fsp3) is 1.00. The van der Waals surface area contributed by atoms with Crippen molar-refractivity contribution in [2.75, 3.05) is 18.6 Å². The fourth-order valence-corrected chi connectivity index (χ4v) is 2.50. The minimum atomic E-state index is -2.29. The Labute approximate surface area is 68.5 Å². The number of rotatable bonds is 2. The molecule has 0 aliphatic carbocycles. The Morgan fingerprint density at radius 2 is 2.36 bits per heavy atom. The topological polar surface area (TPSA) is 53.0 Å². The molecule has 3 nitrogen and oxygen atoms in total. The van der Waals surface area contributed by atoms with Gasteiger partial charge >= 0.3 is 0 Å². The highest BCUT2D eigenvalue weighted by Crippen LogP contribution is 2.08. The molecule has 4 heteroatoms. The maximum Gasteiger partial charge on any atom is 0.0466 e. The molecule has 66 valence electrons. The summed E-state index contributed by atoms with van der Waals surface area (Å²) in [6.45, 7) is 1.03. The van der Waals surface area contributed by atoms with E-state index in [1.165, 1.54) is 19.1 Å². The van der Waals surface area contributed by atoms with Crippen molar-refractivity contribution >= 4 is 9.73 Å². The maximum absolute atomic E-state index is 11.1. The van der Waals surface area contributed by atoms with Crippen LogP contribution in [0.1, 0.15) is 19.3 Å². The van der Waals surface area contributed by atoms with Gasteiger partial charge in [0.05, 0.1) is 0 Å². The van der Waals surface area contributed by atoms with Crippen molar-refractivity contribution in [3.63, 3.8) is 0 Å². The van der Waals surface area contributed by atoms with Crippen LogP contribution >= 0.6 is 0 Å². The Balaban J connectivity index is 2.36. The zero-order valence-corrected chi connectivity index (χ0v) is 7.75. The fourth-order valence-electron chi connectivity index (χ4n) is 1.45. The van der Waals surface area contributed by atoms with Crippen LogP contribution in [0.15, 0.2) is 0 Å². The summed E-state index contributed by atoms with van der Waals surface area (Å²) >= 11 is 0. The van der Waals surface area contributed by atoms with Gasteiger partial charge in [-0.2, -0.15) is 0 Å². The zero-order chi connectivity index (χ0) is 8.32. The number of piperidine rings is 1. The lowest BCUT2D eigenvalue weighted by Gasteiger charge is -2.23. The lowest BCUT2D eigenvalue weighted by molar-refractivity contribution is 0.427. The van der Waals surface area contributed by atoms with Gasteiger partial charge in [0.1, 0.15) is 0 Å². The van der Waals surface area contributed by atoms with Crippen LogP contribution in [0, 0.1) is 4.78 Å². The van der Waals surface area contributed by atoms with E-state index in [0.29, 0.717) is 11.8 Å². The average Bonchev–Trinajstić information content (AvgIpc) is 1.85. The molecule has 11 heavy (non-hydrogen) atoms. The van der Waals surface area contributed by atoms with Crippen LogP contribution in [0.3, 0.4) is 0 Å². The van der Waals surface area contributed by atoms with Gasteiger partial charge in [0.15, 0.2) is 0 Å². The molecule has 2 unspecified atom stereocenters. The van der Waals surface area contributed by atoms with Gasteiger partial charge in [0.25, 0.3) is 0 Å². The summed E-state index contributed by atoms with van der Waals surface area (Å²) in [5, 5.41) is 3.28. The molecule has 0 aromatic carbocycles. The van der Waals surface area contributed by atoms with Crippen LogP contribution in [0.4, 0.5) is 0 Å². The van der Waals surface area contributed by atoms with Crippen molar-refractivity contribution in [3.05, 3.63) is 0 Å². The maximum atomic E-state index is 11.1. The van der Waals surface area contributed by atoms with E-state index in [-0.39, 0.29) is 0 Å². The molecule has 1 aliphatic heterocycles. The molecular weight excluding hydrogens is 160 g/mol. The second-order valence-electron chi connectivity index (χ2n) is 3.32. The minimum absolute atomic E-state index is 0.332. The molecule has 1 rings (SSSR count). The van der Waals surface area contributed by atoms with E-state index < -0.39 is 9.73 Å². The molecule has 0 amide bonds. The first kappa shape index (κ1) is 9.00. The Morgan fingerprint density at radius 1 is 1.64 bits per heavy atom. The lowest BCUT2D eigenvalue weighted by Crippen LogP contribution is -2.38. The summed E-state index contributed by atoms with van der Waals surface area (Å²) < 4.78 is 18.3. The molecule has 0 spiro atoms. The first-order valence-corrected chi connectivity index (χ1v) is 6.16. The van der Waals surface area contributed by atoms with Crippen LogP contribution in [0.5, 0.6) is 0 Å². The smallest absolute Gasteiger partial charge is 0.0466 e. The molecular formula is C7H16N2OS. The number of hydrogen-bond donors (Lipinski definition) is 2. The van der Waals surface area contributed by atoms with Crippen molar-refractivity contribution in [1.82, 2.24) is 5.32 Å². The second kappa shape index (κ2) is 3.54. The summed E-state index contributed by atoms with van der Waals surface area (Å²) in [6, 6.07) is 0.332. The first-order chi connectivity index (χ1) is 5.08. The van der Waals surface area contributed by atoms with Crippen molar-refractivity contribution in [2.24, 2.45) is 0 Å². The second-order valence-corrected chi connectivity index (χ2v) is 5.66. The summed E-state index contributed by atoms with van der Waals surface area (Å²) in [5.74, 6) is 0.521. The predicted octanol–water partition coefficient (Wildman–Crippen LogP) is 0.805. The van der Waals surface area contributed by atoms with Crippen molar-refractivity contribution in [1.29, 1.82) is 4.78 Å². The SMILES string of the molecule is CS(=N)(=O)CC1CCCCN1. The van der Waals surface area contributed by atoms with Gasteiger partial charge in [-0.15, -0.1) is 0 Å². The van der Waals surface area contributed by atoms with Gasteiger partial charge in [-0.1, -0.05) is 6.42 Å². The molecule has 0 aromatic rings. The third-order valence-corrected chi connectivity index (χ3v) is 2.97. The van der Waals surface area contributed by atoms with Crippen molar-refractivity contribution in [2.45, 2.75) is 25.3 Å². The van der Waals surface area contributed by atoms with Gasteiger partial charge in [-0.25, -0.2) is 0 Å². The summed E-state index contributed by atoms with van der Waals surface area (Å²) in [5.41, 5.74) is 0. The van der Waals surface area contributed by atoms with E-state index in [4.69, 9.17) is 4.78 Å². The van der Waals surface area contributed by atoms with Crippen LogP contribution in [-0.4, -0.2) is 28.8 Å². The normalized spacial score (nSPS) is 31.2. The van der Waals surface area contributed by atoms with Gasteiger partial charge < -0.3 is 5.32 Å². The first-order valence-electron chi connectivity index (χ1n) is 4.03. The largest absolute Gasteiger partial charge is 0.313 e. The number of hydrogen-bond acceptors (Lipinski definition) is 3. The van der Waals surface area contributed by atoms with E-state index in [2.05, 4.69) is 5.32 Å². The standard InChI is InChI=1S/C7H16N2OS/c1-11(8,10)6-7-4-2-3-5-9-7/h7-9H,2-6H2,1H3. The quantitative estimate of drug-likeness (QED) is 0.654. The van der Waals surface area contributed by atoms with E-state index in [1.54, 1.807) is 0 Å². The lowest BCUT2D eigenvalue weighted by atomic mass is 10.1. The van der Waals surface area contributed by atoms with E-state index in [1.807, 2.05) is 0 Å². The third-order valence-electron chi connectivity index (χ3n) is 1.93. The zero-order valence-electron chi connectivity index (χ0n) is 6.93.